The predicted octanol–water partition coefficient (Wildman–Crippen LogP) is 10.7. The number of nitrogens with zero attached hydrogens (tertiary/aromatic N) is 3. The van der Waals surface area contributed by atoms with Gasteiger partial charge in [0.2, 0.25) is 0 Å². The summed E-state index contributed by atoms with van der Waals surface area (Å²) in [6.07, 6.45) is 0. The predicted molar refractivity (Wildman–Crippen MR) is 184 cm³/mol. The average Bonchev–Trinajstić information content (AvgIpc) is 3.53. The van der Waals surface area contributed by atoms with Crippen LogP contribution in [0.4, 0.5) is 0 Å². The van der Waals surface area contributed by atoms with Gasteiger partial charge in [-0.05, 0) is 39.4 Å². The number of aromatic nitrogens is 3. The van der Waals surface area contributed by atoms with E-state index >= 15 is 0 Å². The Morgan fingerprint density at radius 1 is 0.378 bits per heavy atom. The molecule has 210 valence electrons. The van der Waals surface area contributed by atoms with Crippen LogP contribution < -0.4 is 0 Å². The van der Waals surface area contributed by atoms with E-state index in [1.165, 1.54) is 5.56 Å². The van der Waals surface area contributed by atoms with Crippen molar-refractivity contribution in [3.05, 3.63) is 152 Å². The molecule has 0 aliphatic carbocycles. The molecule has 4 heteroatoms. The van der Waals surface area contributed by atoms with Crippen LogP contribution in [0.1, 0.15) is 0 Å². The monoisotopic (exact) mass is 575 g/mol. The molecule has 0 fully saturated rings. The number of furan rings is 1. The van der Waals surface area contributed by atoms with E-state index in [1.54, 1.807) is 0 Å². The molecule has 2 aromatic heterocycles. The fourth-order valence-electron chi connectivity index (χ4n) is 6.33. The molecule has 0 saturated carbocycles. The topological polar surface area (TPSA) is 51.8 Å². The second-order valence-electron chi connectivity index (χ2n) is 11.2. The zero-order valence-corrected chi connectivity index (χ0v) is 24.2. The summed E-state index contributed by atoms with van der Waals surface area (Å²) in [4.78, 5) is 15.3. The number of rotatable bonds is 4. The molecular weight excluding hydrogens is 550 g/mol. The summed E-state index contributed by atoms with van der Waals surface area (Å²) in [7, 11) is 0. The van der Waals surface area contributed by atoms with Gasteiger partial charge in [-0.2, -0.15) is 0 Å². The van der Waals surface area contributed by atoms with Crippen molar-refractivity contribution in [1.29, 1.82) is 0 Å². The van der Waals surface area contributed by atoms with Crippen molar-refractivity contribution in [2.24, 2.45) is 0 Å². The van der Waals surface area contributed by atoms with Gasteiger partial charge in [-0.15, -0.1) is 0 Å². The SMILES string of the molecule is c1ccc(-c2ccc(-c3nc(-c4ccccc4)nc(-c4cc5ccccc5c5oc6ccc7ccccc7c6c45)n3)cc2)cc1. The van der Waals surface area contributed by atoms with Crippen LogP contribution >= 0.6 is 0 Å². The van der Waals surface area contributed by atoms with E-state index in [0.717, 1.165) is 65.7 Å². The summed E-state index contributed by atoms with van der Waals surface area (Å²) >= 11 is 0. The van der Waals surface area contributed by atoms with Crippen molar-refractivity contribution in [3.8, 4) is 45.3 Å². The summed E-state index contributed by atoms with van der Waals surface area (Å²) < 4.78 is 6.65. The zero-order valence-electron chi connectivity index (χ0n) is 24.2. The van der Waals surface area contributed by atoms with E-state index in [1.807, 2.05) is 36.4 Å². The molecule has 7 aromatic carbocycles. The lowest BCUT2D eigenvalue weighted by molar-refractivity contribution is 0.673. The molecule has 9 aromatic rings. The number of hydrogen-bond acceptors (Lipinski definition) is 4. The third-order valence-corrected chi connectivity index (χ3v) is 8.51. The maximum absolute atomic E-state index is 6.65. The van der Waals surface area contributed by atoms with Gasteiger partial charge in [0.25, 0.3) is 0 Å². The molecule has 0 aliphatic rings. The molecular formula is C41H25N3O. The third-order valence-electron chi connectivity index (χ3n) is 8.51. The van der Waals surface area contributed by atoms with Gasteiger partial charge in [-0.25, -0.2) is 15.0 Å². The molecule has 0 spiro atoms. The highest BCUT2D eigenvalue weighted by atomic mass is 16.3. The average molecular weight is 576 g/mol. The third kappa shape index (κ3) is 4.27. The summed E-state index contributed by atoms with van der Waals surface area (Å²) in [5.41, 5.74) is 6.77. The summed E-state index contributed by atoms with van der Waals surface area (Å²) in [6.45, 7) is 0. The minimum atomic E-state index is 0.609. The molecule has 45 heavy (non-hydrogen) atoms. The lowest BCUT2D eigenvalue weighted by atomic mass is 9.97. The summed E-state index contributed by atoms with van der Waals surface area (Å²) in [5.74, 6) is 1.86. The molecule has 0 amide bonds. The van der Waals surface area contributed by atoms with Gasteiger partial charge in [0, 0.05) is 32.8 Å². The zero-order chi connectivity index (χ0) is 29.7. The molecule has 0 unspecified atom stereocenters. The first-order valence-corrected chi connectivity index (χ1v) is 15.0. The van der Waals surface area contributed by atoms with Crippen LogP contribution in [0.25, 0.3) is 88.8 Å². The molecule has 9 rings (SSSR count). The van der Waals surface area contributed by atoms with Gasteiger partial charge >= 0.3 is 0 Å². The Labute approximate surface area is 259 Å². The largest absolute Gasteiger partial charge is 0.455 e. The number of benzene rings is 7. The smallest absolute Gasteiger partial charge is 0.164 e. The maximum atomic E-state index is 6.65. The van der Waals surface area contributed by atoms with E-state index in [9.17, 15) is 0 Å². The van der Waals surface area contributed by atoms with E-state index < -0.39 is 0 Å². The Morgan fingerprint density at radius 2 is 0.911 bits per heavy atom. The first-order chi connectivity index (χ1) is 22.3. The van der Waals surface area contributed by atoms with Crippen LogP contribution in [0.15, 0.2) is 156 Å². The maximum Gasteiger partial charge on any atom is 0.164 e. The van der Waals surface area contributed by atoms with Gasteiger partial charge in [0.05, 0.1) is 0 Å². The van der Waals surface area contributed by atoms with Crippen LogP contribution in [-0.4, -0.2) is 15.0 Å². The first kappa shape index (κ1) is 25.4. The molecule has 0 atom stereocenters. The van der Waals surface area contributed by atoms with Crippen molar-refractivity contribution < 1.29 is 4.42 Å². The number of fused-ring (bicyclic) bond motifs is 7. The van der Waals surface area contributed by atoms with Gasteiger partial charge < -0.3 is 4.42 Å². The highest BCUT2D eigenvalue weighted by Crippen LogP contribution is 2.43. The summed E-state index contributed by atoms with van der Waals surface area (Å²) in [6, 6.07) is 52.1. The lowest BCUT2D eigenvalue weighted by Crippen LogP contribution is -2.00. The minimum Gasteiger partial charge on any atom is -0.455 e. The van der Waals surface area contributed by atoms with Gasteiger partial charge in [0.15, 0.2) is 17.5 Å². The van der Waals surface area contributed by atoms with Crippen LogP contribution in [0.3, 0.4) is 0 Å². The highest BCUT2D eigenvalue weighted by molar-refractivity contribution is 6.27. The van der Waals surface area contributed by atoms with Crippen molar-refractivity contribution in [2.75, 3.05) is 0 Å². The summed E-state index contributed by atoms with van der Waals surface area (Å²) in [5, 5.41) is 6.51. The fraction of sp³-hybridized carbons (Fsp3) is 0. The Kier molecular flexibility index (Phi) is 5.78. The van der Waals surface area contributed by atoms with Gasteiger partial charge in [0.1, 0.15) is 11.2 Å². The molecule has 4 nitrogen and oxygen atoms in total. The minimum absolute atomic E-state index is 0.609. The van der Waals surface area contributed by atoms with Crippen molar-refractivity contribution in [2.45, 2.75) is 0 Å². The number of hydrogen-bond donors (Lipinski definition) is 0. The quantitative estimate of drug-likeness (QED) is 0.209. The molecule has 0 aliphatic heterocycles. The van der Waals surface area contributed by atoms with E-state index in [4.69, 9.17) is 19.4 Å². The van der Waals surface area contributed by atoms with Crippen LogP contribution in [-0.2, 0) is 0 Å². The Morgan fingerprint density at radius 3 is 1.64 bits per heavy atom. The fourth-order valence-corrected chi connectivity index (χ4v) is 6.33. The van der Waals surface area contributed by atoms with Crippen LogP contribution in [0.5, 0.6) is 0 Å². The van der Waals surface area contributed by atoms with Crippen LogP contribution in [0, 0.1) is 0 Å². The second kappa shape index (κ2) is 10.2. The molecule has 0 N–H and O–H groups in total. The molecule has 0 radical (unpaired) electrons. The van der Waals surface area contributed by atoms with E-state index in [-0.39, 0.29) is 0 Å². The van der Waals surface area contributed by atoms with Crippen molar-refractivity contribution in [3.63, 3.8) is 0 Å². The molecule has 0 saturated heterocycles. The Bertz CT molecular complexity index is 2520. The van der Waals surface area contributed by atoms with Gasteiger partial charge in [-0.1, -0.05) is 140 Å². The first-order valence-electron chi connectivity index (χ1n) is 15.0. The lowest BCUT2D eigenvalue weighted by Gasteiger charge is -2.11. The van der Waals surface area contributed by atoms with Crippen molar-refractivity contribution in [1.82, 2.24) is 15.0 Å². The highest BCUT2D eigenvalue weighted by Gasteiger charge is 2.21. The van der Waals surface area contributed by atoms with E-state index in [2.05, 4.69) is 115 Å². The Hall–Kier alpha value is -6.13. The van der Waals surface area contributed by atoms with Crippen LogP contribution in [0.2, 0.25) is 0 Å². The molecule has 2 heterocycles. The van der Waals surface area contributed by atoms with Crippen molar-refractivity contribution >= 4 is 43.5 Å². The van der Waals surface area contributed by atoms with E-state index in [0.29, 0.717) is 17.5 Å². The Balaban J connectivity index is 1.34. The second-order valence-corrected chi connectivity index (χ2v) is 11.2. The standard InChI is InChI=1S/C41H25N3O/c1-3-11-26(12-4-1)27-19-21-30(22-20-27)40-42-39(29-14-5-2-6-15-29)43-41(44-40)34-25-31-16-8-10-18-33(31)38-37(34)36-32-17-9-7-13-28(32)23-24-35(36)45-38/h1-25H. The van der Waals surface area contributed by atoms with Gasteiger partial charge in [-0.3, -0.25) is 0 Å². The molecule has 0 bridgehead atoms. The normalized spacial score (nSPS) is 11.6.